The van der Waals surface area contributed by atoms with Gasteiger partial charge in [-0.25, -0.2) is 9.78 Å². The van der Waals surface area contributed by atoms with Gasteiger partial charge in [-0.15, -0.1) is 0 Å². The molecule has 0 aliphatic heterocycles. The quantitative estimate of drug-likeness (QED) is 0.681. The van der Waals surface area contributed by atoms with Crippen LogP contribution in [0.3, 0.4) is 0 Å². The van der Waals surface area contributed by atoms with Crippen molar-refractivity contribution < 1.29 is 14.6 Å². The molecule has 2 N–H and O–H groups in total. The van der Waals surface area contributed by atoms with E-state index >= 15 is 0 Å². The van der Waals surface area contributed by atoms with Crippen LogP contribution in [0.5, 0.6) is 0 Å². The maximum atomic E-state index is 11.0. The van der Waals surface area contributed by atoms with Gasteiger partial charge in [-0.1, -0.05) is 20.8 Å². The van der Waals surface area contributed by atoms with E-state index in [1.807, 2.05) is 6.92 Å². The molecule has 0 saturated carbocycles. The van der Waals surface area contributed by atoms with E-state index in [4.69, 9.17) is 9.84 Å². The highest BCUT2D eigenvalue weighted by atomic mass is 16.5. The van der Waals surface area contributed by atoms with Crippen LogP contribution in [0.15, 0.2) is 12.1 Å². The number of carboxylic acid groups (broad SMARTS) is 1. The fraction of sp³-hybridized carbons (Fsp3) is 0.600. The van der Waals surface area contributed by atoms with Crippen LogP contribution in [0.4, 0.5) is 5.82 Å². The van der Waals surface area contributed by atoms with Gasteiger partial charge in [0.05, 0.1) is 5.56 Å². The molecule has 0 bridgehead atoms. The first-order valence-electron chi connectivity index (χ1n) is 7.08. The van der Waals surface area contributed by atoms with Gasteiger partial charge in [0.1, 0.15) is 5.82 Å². The van der Waals surface area contributed by atoms with E-state index in [-0.39, 0.29) is 5.56 Å². The van der Waals surface area contributed by atoms with Crippen LogP contribution in [0.25, 0.3) is 0 Å². The SMILES string of the molecule is CCc1cc(C(=O)O)cc(NCCCOCC(C)C)n1. The Labute approximate surface area is 120 Å². The lowest BCUT2D eigenvalue weighted by Gasteiger charge is -2.09. The third kappa shape index (κ3) is 6.02. The predicted octanol–water partition coefficient (Wildman–Crippen LogP) is 2.82. The Kier molecular flexibility index (Phi) is 7.01. The summed E-state index contributed by atoms with van der Waals surface area (Å²) >= 11 is 0. The number of carboxylic acids is 1. The van der Waals surface area contributed by atoms with Crippen LogP contribution < -0.4 is 5.32 Å². The van der Waals surface area contributed by atoms with Crippen molar-refractivity contribution >= 4 is 11.8 Å². The first kappa shape index (κ1) is 16.4. The molecular weight excluding hydrogens is 256 g/mol. The van der Waals surface area contributed by atoms with Crippen LogP contribution in [-0.2, 0) is 11.2 Å². The van der Waals surface area contributed by atoms with E-state index < -0.39 is 5.97 Å². The average molecular weight is 280 g/mol. The minimum Gasteiger partial charge on any atom is -0.478 e. The molecule has 0 fully saturated rings. The van der Waals surface area contributed by atoms with Crippen molar-refractivity contribution in [3.05, 3.63) is 23.4 Å². The number of nitrogens with zero attached hydrogens (tertiary/aromatic N) is 1. The molecule has 1 rings (SSSR count). The minimum absolute atomic E-state index is 0.274. The second-order valence-electron chi connectivity index (χ2n) is 5.14. The maximum absolute atomic E-state index is 11.0. The molecule has 1 aromatic heterocycles. The maximum Gasteiger partial charge on any atom is 0.335 e. The molecule has 0 atom stereocenters. The van der Waals surface area contributed by atoms with Crippen molar-refractivity contribution in [1.82, 2.24) is 4.98 Å². The van der Waals surface area contributed by atoms with Gasteiger partial charge in [0.15, 0.2) is 0 Å². The second kappa shape index (κ2) is 8.53. The van der Waals surface area contributed by atoms with E-state index in [1.54, 1.807) is 12.1 Å². The lowest BCUT2D eigenvalue weighted by atomic mass is 10.2. The molecule has 5 heteroatoms. The number of ether oxygens (including phenoxy) is 1. The summed E-state index contributed by atoms with van der Waals surface area (Å²) in [6.07, 6.45) is 1.58. The first-order valence-corrected chi connectivity index (χ1v) is 7.08. The van der Waals surface area contributed by atoms with E-state index in [1.165, 1.54) is 0 Å². The van der Waals surface area contributed by atoms with Crippen LogP contribution in [-0.4, -0.2) is 35.8 Å². The highest BCUT2D eigenvalue weighted by Gasteiger charge is 2.07. The number of rotatable bonds is 9. The van der Waals surface area contributed by atoms with Crippen molar-refractivity contribution in [3.63, 3.8) is 0 Å². The van der Waals surface area contributed by atoms with Gasteiger partial charge >= 0.3 is 5.97 Å². The van der Waals surface area contributed by atoms with Crippen molar-refractivity contribution in [2.45, 2.75) is 33.6 Å². The summed E-state index contributed by atoms with van der Waals surface area (Å²) in [6, 6.07) is 3.18. The summed E-state index contributed by atoms with van der Waals surface area (Å²) in [5.41, 5.74) is 1.05. The Morgan fingerprint density at radius 1 is 1.45 bits per heavy atom. The Bertz CT molecular complexity index is 433. The smallest absolute Gasteiger partial charge is 0.335 e. The second-order valence-corrected chi connectivity index (χ2v) is 5.14. The minimum atomic E-state index is -0.926. The molecule has 1 aromatic rings. The molecule has 1 heterocycles. The predicted molar refractivity (Wildman–Crippen MR) is 79.3 cm³/mol. The van der Waals surface area contributed by atoms with E-state index in [0.29, 0.717) is 24.8 Å². The summed E-state index contributed by atoms with van der Waals surface area (Å²) in [4.78, 5) is 15.4. The molecule has 5 nitrogen and oxygen atoms in total. The average Bonchev–Trinajstić information content (AvgIpc) is 2.41. The number of anilines is 1. The van der Waals surface area contributed by atoms with Gasteiger partial charge in [-0.2, -0.15) is 0 Å². The van der Waals surface area contributed by atoms with E-state index in [2.05, 4.69) is 24.1 Å². The molecule has 0 radical (unpaired) electrons. The monoisotopic (exact) mass is 280 g/mol. The highest BCUT2D eigenvalue weighted by molar-refractivity contribution is 5.88. The summed E-state index contributed by atoms with van der Waals surface area (Å²) < 4.78 is 5.49. The van der Waals surface area contributed by atoms with Crippen molar-refractivity contribution in [2.24, 2.45) is 5.92 Å². The lowest BCUT2D eigenvalue weighted by Crippen LogP contribution is -2.10. The molecule has 0 aliphatic rings. The summed E-state index contributed by atoms with van der Waals surface area (Å²) in [7, 11) is 0. The topological polar surface area (TPSA) is 71.5 Å². The Morgan fingerprint density at radius 2 is 2.20 bits per heavy atom. The molecule has 20 heavy (non-hydrogen) atoms. The lowest BCUT2D eigenvalue weighted by molar-refractivity contribution is 0.0696. The van der Waals surface area contributed by atoms with Crippen LogP contribution in [0.1, 0.15) is 43.2 Å². The molecule has 0 spiro atoms. The standard InChI is InChI=1S/C15H24N2O3/c1-4-13-8-12(15(18)19)9-14(17-13)16-6-5-7-20-10-11(2)3/h8-9,11H,4-7,10H2,1-3H3,(H,16,17)(H,18,19). The van der Waals surface area contributed by atoms with E-state index in [9.17, 15) is 4.79 Å². The van der Waals surface area contributed by atoms with Gasteiger partial charge in [0.25, 0.3) is 0 Å². The molecule has 112 valence electrons. The molecule has 0 aromatic carbocycles. The van der Waals surface area contributed by atoms with Crippen molar-refractivity contribution in [2.75, 3.05) is 25.1 Å². The molecule has 0 unspecified atom stereocenters. The van der Waals surface area contributed by atoms with Gasteiger partial charge in [-0.05, 0) is 30.9 Å². The number of hydrogen-bond acceptors (Lipinski definition) is 4. The largest absolute Gasteiger partial charge is 0.478 e. The molecule has 0 amide bonds. The van der Waals surface area contributed by atoms with Gasteiger partial charge in [0.2, 0.25) is 0 Å². The van der Waals surface area contributed by atoms with Crippen LogP contribution >= 0.6 is 0 Å². The van der Waals surface area contributed by atoms with Crippen LogP contribution in [0.2, 0.25) is 0 Å². The number of pyridine rings is 1. The van der Waals surface area contributed by atoms with Gasteiger partial charge < -0.3 is 15.2 Å². The third-order valence-corrected chi connectivity index (χ3v) is 2.71. The zero-order chi connectivity index (χ0) is 15.0. The number of aromatic carboxylic acids is 1. The summed E-state index contributed by atoms with van der Waals surface area (Å²) in [6.45, 7) is 8.38. The van der Waals surface area contributed by atoms with Crippen LogP contribution in [0, 0.1) is 5.92 Å². The Hall–Kier alpha value is -1.62. The number of hydrogen-bond donors (Lipinski definition) is 2. The highest BCUT2D eigenvalue weighted by Crippen LogP contribution is 2.11. The van der Waals surface area contributed by atoms with Crippen molar-refractivity contribution in [3.8, 4) is 0 Å². The van der Waals surface area contributed by atoms with Crippen molar-refractivity contribution in [1.29, 1.82) is 0 Å². The molecule has 0 saturated heterocycles. The fourth-order valence-electron chi connectivity index (χ4n) is 1.69. The van der Waals surface area contributed by atoms with Gasteiger partial charge in [-0.3, -0.25) is 0 Å². The number of aryl methyl sites for hydroxylation is 1. The number of carbonyl (C=O) groups is 1. The number of aromatic nitrogens is 1. The fourth-order valence-corrected chi connectivity index (χ4v) is 1.69. The zero-order valence-electron chi connectivity index (χ0n) is 12.5. The molecule has 0 aliphatic carbocycles. The molecular formula is C15H24N2O3. The van der Waals surface area contributed by atoms with Gasteiger partial charge in [0, 0.05) is 25.5 Å². The Morgan fingerprint density at radius 3 is 2.80 bits per heavy atom. The first-order chi connectivity index (χ1) is 9.52. The number of nitrogens with one attached hydrogen (secondary N) is 1. The summed E-state index contributed by atoms with van der Waals surface area (Å²) in [5.74, 6) is 0.236. The Balaban J connectivity index is 2.43. The van der Waals surface area contributed by atoms with E-state index in [0.717, 1.165) is 25.3 Å². The zero-order valence-corrected chi connectivity index (χ0v) is 12.5. The third-order valence-electron chi connectivity index (χ3n) is 2.71. The summed E-state index contributed by atoms with van der Waals surface area (Å²) in [5, 5.41) is 12.2. The normalized spacial score (nSPS) is 10.8.